The lowest BCUT2D eigenvalue weighted by Gasteiger charge is -2.39. The summed E-state index contributed by atoms with van der Waals surface area (Å²) < 4.78 is 45.1. The van der Waals surface area contributed by atoms with E-state index in [9.17, 15) is 9.59 Å². The lowest BCUT2D eigenvalue weighted by Crippen LogP contribution is -2.36. The Labute approximate surface area is 201 Å². The fourth-order valence-electron chi connectivity index (χ4n) is 5.41. The number of benzene rings is 2. The minimum absolute atomic E-state index is 0.0244. The molecule has 0 amide bonds. The van der Waals surface area contributed by atoms with Crippen molar-refractivity contribution in [2.75, 3.05) is 41.8 Å². The lowest BCUT2D eigenvalue weighted by atomic mass is 9.65. The van der Waals surface area contributed by atoms with E-state index in [4.69, 9.17) is 37.9 Å². The molecule has 3 aliphatic rings. The molecule has 5 rings (SSSR count). The predicted molar refractivity (Wildman–Crippen MR) is 120 cm³/mol. The fourth-order valence-corrected chi connectivity index (χ4v) is 5.41. The maximum absolute atomic E-state index is 13.2. The summed E-state index contributed by atoms with van der Waals surface area (Å²) >= 11 is 0. The number of carbonyl (C=O) groups is 2. The number of esters is 2. The van der Waals surface area contributed by atoms with E-state index in [2.05, 4.69) is 0 Å². The van der Waals surface area contributed by atoms with Crippen LogP contribution in [-0.4, -0.2) is 53.8 Å². The van der Waals surface area contributed by atoms with Gasteiger partial charge in [-0.3, -0.25) is 9.59 Å². The number of ether oxygens (including phenoxy) is 8. The number of hydrogen-bond acceptors (Lipinski definition) is 10. The van der Waals surface area contributed by atoms with Gasteiger partial charge in [0.2, 0.25) is 18.3 Å². The second-order valence-electron chi connectivity index (χ2n) is 8.43. The predicted octanol–water partition coefficient (Wildman–Crippen LogP) is 2.99. The zero-order valence-electron chi connectivity index (χ0n) is 20.0. The topological polar surface area (TPSA) is 108 Å². The van der Waals surface area contributed by atoms with Crippen molar-refractivity contribution in [2.24, 2.45) is 11.8 Å². The Morgan fingerprint density at radius 2 is 1.60 bits per heavy atom. The van der Waals surface area contributed by atoms with Gasteiger partial charge >= 0.3 is 11.9 Å². The highest BCUT2D eigenvalue weighted by Crippen LogP contribution is 2.60. The van der Waals surface area contributed by atoms with Crippen LogP contribution in [-0.2, 0) is 19.1 Å². The van der Waals surface area contributed by atoms with Crippen LogP contribution in [0, 0.1) is 11.8 Å². The molecule has 1 saturated heterocycles. The second-order valence-corrected chi connectivity index (χ2v) is 8.43. The highest BCUT2D eigenvalue weighted by atomic mass is 16.7. The molecule has 0 N–H and O–H groups in total. The summed E-state index contributed by atoms with van der Waals surface area (Å²) in [5.41, 5.74) is 2.03. The SMILES string of the molecule is COc1cc([C@@H]2c3c(cc4c(c3OC)OCO4)[C@H](OC(C)=O)[C@H]3COC(=O)[C@@H]23)cc(OC)c1OC. The van der Waals surface area contributed by atoms with Crippen molar-refractivity contribution >= 4 is 11.9 Å². The van der Waals surface area contributed by atoms with Crippen molar-refractivity contribution in [3.8, 4) is 34.5 Å². The number of methoxy groups -OCH3 is 4. The van der Waals surface area contributed by atoms with E-state index in [0.717, 1.165) is 0 Å². The average Bonchev–Trinajstić information content (AvgIpc) is 3.48. The average molecular weight is 486 g/mol. The molecule has 0 spiro atoms. The van der Waals surface area contributed by atoms with Gasteiger partial charge in [0.15, 0.2) is 23.0 Å². The molecule has 10 heteroatoms. The Balaban J connectivity index is 1.82. The van der Waals surface area contributed by atoms with Gasteiger partial charge in [-0.05, 0) is 23.8 Å². The van der Waals surface area contributed by atoms with Gasteiger partial charge in [-0.2, -0.15) is 0 Å². The zero-order valence-corrected chi connectivity index (χ0v) is 20.0. The van der Waals surface area contributed by atoms with Crippen LogP contribution >= 0.6 is 0 Å². The lowest BCUT2D eigenvalue weighted by molar-refractivity contribution is -0.152. The molecule has 1 aliphatic carbocycles. The summed E-state index contributed by atoms with van der Waals surface area (Å²) in [7, 11) is 6.09. The largest absolute Gasteiger partial charge is 0.493 e. The van der Waals surface area contributed by atoms with Crippen LogP contribution in [0.3, 0.4) is 0 Å². The molecule has 0 unspecified atom stereocenters. The number of cyclic esters (lactones) is 1. The summed E-state index contributed by atoms with van der Waals surface area (Å²) in [6, 6.07) is 5.39. The summed E-state index contributed by atoms with van der Waals surface area (Å²) in [6.07, 6.45) is -0.736. The summed E-state index contributed by atoms with van der Waals surface area (Å²) in [5.74, 6) is 0.117. The first-order chi connectivity index (χ1) is 16.9. The van der Waals surface area contributed by atoms with E-state index in [1.165, 1.54) is 35.4 Å². The maximum Gasteiger partial charge on any atom is 0.310 e. The second kappa shape index (κ2) is 8.75. The molecular weight excluding hydrogens is 460 g/mol. The van der Waals surface area contributed by atoms with E-state index in [0.29, 0.717) is 51.2 Å². The Morgan fingerprint density at radius 3 is 2.20 bits per heavy atom. The molecule has 2 aromatic carbocycles. The van der Waals surface area contributed by atoms with Gasteiger partial charge in [-0.1, -0.05) is 0 Å². The Hall–Kier alpha value is -3.82. The fraction of sp³-hybridized carbons (Fsp3) is 0.440. The minimum atomic E-state index is -0.736. The molecule has 0 saturated carbocycles. The van der Waals surface area contributed by atoms with Crippen LogP contribution in [0.4, 0.5) is 0 Å². The van der Waals surface area contributed by atoms with Gasteiger partial charge in [-0.25, -0.2) is 0 Å². The molecule has 2 aromatic rings. The zero-order chi connectivity index (χ0) is 24.9. The van der Waals surface area contributed by atoms with Gasteiger partial charge in [0.05, 0.1) is 41.0 Å². The van der Waals surface area contributed by atoms with Gasteiger partial charge in [-0.15, -0.1) is 0 Å². The number of rotatable bonds is 6. The van der Waals surface area contributed by atoms with Crippen LogP contribution in [0.15, 0.2) is 18.2 Å². The van der Waals surface area contributed by atoms with Crippen molar-refractivity contribution in [1.82, 2.24) is 0 Å². The monoisotopic (exact) mass is 486 g/mol. The molecule has 2 heterocycles. The van der Waals surface area contributed by atoms with Crippen molar-refractivity contribution in [1.29, 1.82) is 0 Å². The third kappa shape index (κ3) is 3.46. The smallest absolute Gasteiger partial charge is 0.310 e. The van der Waals surface area contributed by atoms with Gasteiger partial charge < -0.3 is 37.9 Å². The van der Waals surface area contributed by atoms with Crippen LogP contribution in [0.25, 0.3) is 0 Å². The molecule has 1 fully saturated rings. The van der Waals surface area contributed by atoms with E-state index >= 15 is 0 Å². The molecule has 0 aromatic heterocycles. The van der Waals surface area contributed by atoms with E-state index < -0.39 is 35.8 Å². The highest BCUT2D eigenvalue weighted by molar-refractivity contribution is 5.80. The normalized spacial score (nSPS) is 23.6. The number of fused-ring (bicyclic) bond motifs is 3. The summed E-state index contributed by atoms with van der Waals surface area (Å²) in [6.45, 7) is 1.47. The van der Waals surface area contributed by atoms with Gasteiger partial charge in [0.1, 0.15) is 6.10 Å². The van der Waals surface area contributed by atoms with Crippen LogP contribution in [0.5, 0.6) is 34.5 Å². The molecule has 35 heavy (non-hydrogen) atoms. The third-order valence-corrected chi connectivity index (χ3v) is 6.75. The molecule has 4 atom stereocenters. The number of carbonyl (C=O) groups excluding carboxylic acids is 2. The summed E-state index contributed by atoms with van der Waals surface area (Å²) in [5, 5.41) is 0. The first-order valence-electron chi connectivity index (χ1n) is 11.1. The number of hydrogen-bond donors (Lipinski definition) is 0. The van der Waals surface area contributed by atoms with Crippen LogP contribution in [0.2, 0.25) is 0 Å². The molecule has 0 radical (unpaired) electrons. The molecule has 2 aliphatic heterocycles. The van der Waals surface area contributed by atoms with Crippen LogP contribution < -0.4 is 28.4 Å². The van der Waals surface area contributed by atoms with E-state index in [1.807, 2.05) is 0 Å². The van der Waals surface area contributed by atoms with Gasteiger partial charge in [0.25, 0.3) is 0 Å². The van der Waals surface area contributed by atoms with E-state index in [-0.39, 0.29) is 13.4 Å². The van der Waals surface area contributed by atoms with Gasteiger partial charge in [0, 0.05) is 29.9 Å². The quantitative estimate of drug-likeness (QED) is 0.566. The Morgan fingerprint density at radius 1 is 0.914 bits per heavy atom. The van der Waals surface area contributed by atoms with Crippen molar-refractivity contribution in [3.05, 3.63) is 34.9 Å². The molecule has 0 bridgehead atoms. The molecule has 186 valence electrons. The third-order valence-electron chi connectivity index (χ3n) is 6.75. The summed E-state index contributed by atoms with van der Waals surface area (Å²) in [4.78, 5) is 25.2. The van der Waals surface area contributed by atoms with Crippen molar-refractivity contribution in [3.63, 3.8) is 0 Å². The van der Waals surface area contributed by atoms with Crippen molar-refractivity contribution < 1.29 is 47.5 Å². The Kier molecular flexibility index (Phi) is 5.74. The Bertz CT molecular complexity index is 1160. The first kappa shape index (κ1) is 22.9. The van der Waals surface area contributed by atoms with Crippen molar-refractivity contribution in [2.45, 2.75) is 18.9 Å². The van der Waals surface area contributed by atoms with E-state index in [1.54, 1.807) is 18.2 Å². The van der Waals surface area contributed by atoms with Crippen LogP contribution in [0.1, 0.15) is 35.6 Å². The first-order valence-corrected chi connectivity index (χ1v) is 11.1. The maximum atomic E-state index is 13.2. The minimum Gasteiger partial charge on any atom is -0.493 e. The standard InChI is InChI=1S/C25H26O10/c1-11(26)35-21-13-8-17-23(34-10-33-17)24(31-5)19(13)18(20-14(21)9-32-25(20)27)12-6-15(28-2)22(30-4)16(7-12)29-3/h6-8,14,18,20-21H,9-10H2,1-5H3/t14-,18+,20+,21-/m0/s1. The highest BCUT2D eigenvalue weighted by Gasteiger charge is 2.55. The molecular formula is C25H26O10. The molecule has 10 nitrogen and oxygen atoms in total.